The molecule has 21 heavy (non-hydrogen) atoms. The maximum absolute atomic E-state index is 12.8. The number of likely N-dealkylation sites (tertiary alicyclic amines) is 1. The van der Waals surface area contributed by atoms with Crippen LogP contribution in [0.2, 0.25) is 0 Å². The first-order valence-corrected chi connectivity index (χ1v) is 7.61. The van der Waals surface area contributed by atoms with E-state index in [0.29, 0.717) is 11.1 Å². The van der Waals surface area contributed by atoms with Crippen LogP contribution < -0.4 is 5.32 Å². The van der Waals surface area contributed by atoms with Gasteiger partial charge in [-0.3, -0.25) is 9.78 Å². The molecule has 1 aromatic heterocycles. The van der Waals surface area contributed by atoms with E-state index in [0.717, 1.165) is 43.4 Å². The fourth-order valence-corrected chi connectivity index (χ4v) is 3.69. The molecule has 1 N–H and O–H groups in total. The second kappa shape index (κ2) is 4.81. The van der Waals surface area contributed by atoms with Gasteiger partial charge in [0.15, 0.2) is 0 Å². The first kappa shape index (κ1) is 12.8. The SMILES string of the molecule is O=C(c1nccc2ccccc12)N1CCC2(CCNC2)C1. The highest BCUT2D eigenvalue weighted by atomic mass is 16.2. The van der Waals surface area contributed by atoms with Crippen molar-refractivity contribution >= 4 is 16.7 Å². The maximum Gasteiger partial charge on any atom is 0.273 e. The van der Waals surface area contributed by atoms with Crippen molar-refractivity contribution < 1.29 is 4.79 Å². The molecule has 4 heteroatoms. The molecule has 2 aromatic rings. The summed E-state index contributed by atoms with van der Waals surface area (Å²) in [7, 11) is 0. The number of amides is 1. The predicted octanol–water partition coefficient (Wildman–Crippen LogP) is 2.06. The molecule has 2 fully saturated rings. The van der Waals surface area contributed by atoms with E-state index < -0.39 is 0 Å². The van der Waals surface area contributed by atoms with E-state index in [1.165, 1.54) is 6.42 Å². The Balaban J connectivity index is 1.65. The fourth-order valence-electron chi connectivity index (χ4n) is 3.69. The van der Waals surface area contributed by atoms with Crippen LogP contribution in [0.1, 0.15) is 23.3 Å². The number of hydrogen-bond acceptors (Lipinski definition) is 3. The Hall–Kier alpha value is -1.94. The average Bonchev–Trinajstić information content (AvgIpc) is 3.17. The minimum atomic E-state index is 0.0792. The third-order valence-corrected chi connectivity index (χ3v) is 4.93. The molecule has 1 atom stereocenters. The Labute approximate surface area is 124 Å². The van der Waals surface area contributed by atoms with Gasteiger partial charge in [-0.25, -0.2) is 0 Å². The number of fused-ring (bicyclic) bond motifs is 1. The molecule has 1 unspecified atom stereocenters. The lowest BCUT2D eigenvalue weighted by atomic mass is 9.86. The van der Waals surface area contributed by atoms with Crippen molar-refractivity contribution in [2.24, 2.45) is 5.41 Å². The second-order valence-corrected chi connectivity index (χ2v) is 6.28. The maximum atomic E-state index is 12.8. The van der Waals surface area contributed by atoms with Gasteiger partial charge in [-0.2, -0.15) is 0 Å². The summed E-state index contributed by atoms with van der Waals surface area (Å²) in [5.41, 5.74) is 0.899. The van der Waals surface area contributed by atoms with Crippen LogP contribution in [0.5, 0.6) is 0 Å². The van der Waals surface area contributed by atoms with Gasteiger partial charge in [0, 0.05) is 36.6 Å². The molecule has 4 rings (SSSR count). The van der Waals surface area contributed by atoms with Gasteiger partial charge in [-0.1, -0.05) is 24.3 Å². The Kier molecular flexibility index (Phi) is 2.93. The molecule has 2 aliphatic rings. The Bertz CT molecular complexity index is 686. The summed E-state index contributed by atoms with van der Waals surface area (Å²) in [5.74, 6) is 0.0792. The minimum absolute atomic E-state index is 0.0792. The third kappa shape index (κ3) is 2.10. The molecular weight excluding hydrogens is 262 g/mol. The highest BCUT2D eigenvalue weighted by Crippen LogP contribution is 2.36. The van der Waals surface area contributed by atoms with Crippen molar-refractivity contribution in [2.45, 2.75) is 12.8 Å². The van der Waals surface area contributed by atoms with E-state index in [1.54, 1.807) is 6.20 Å². The van der Waals surface area contributed by atoms with Gasteiger partial charge in [-0.05, 0) is 30.8 Å². The van der Waals surface area contributed by atoms with Gasteiger partial charge in [0.1, 0.15) is 5.69 Å². The molecule has 0 aliphatic carbocycles. The van der Waals surface area contributed by atoms with Gasteiger partial charge >= 0.3 is 0 Å². The summed E-state index contributed by atoms with van der Waals surface area (Å²) >= 11 is 0. The van der Waals surface area contributed by atoms with Crippen LogP contribution in [0.15, 0.2) is 36.5 Å². The van der Waals surface area contributed by atoms with Crippen LogP contribution in [0.4, 0.5) is 0 Å². The highest BCUT2D eigenvalue weighted by Gasteiger charge is 2.42. The number of benzene rings is 1. The number of pyridine rings is 1. The van der Waals surface area contributed by atoms with Gasteiger partial charge in [0.05, 0.1) is 0 Å². The smallest absolute Gasteiger partial charge is 0.273 e. The zero-order chi connectivity index (χ0) is 14.3. The van der Waals surface area contributed by atoms with Crippen LogP contribution in [0.25, 0.3) is 10.8 Å². The summed E-state index contributed by atoms with van der Waals surface area (Å²) < 4.78 is 0. The van der Waals surface area contributed by atoms with Crippen molar-refractivity contribution in [3.8, 4) is 0 Å². The highest BCUT2D eigenvalue weighted by molar-refractivity contribution is 6.05. The summed E-state index contributed by atoms with van der Waals surface area (Å²) in [6.45, 7) is 3.84. The summed E-state index contributed by atoms with van der Waals surface area (Å²) in [6.07, 6.45) is 4.02. The molecule has 108 valence electrons. The van der Waals surface area contributed by atoms with Crippen molar-refractivity contribution in [1.82, 2.24) is 15.2 Å². The molecule has 1 amide bonds. The molecule has 0 saturated carbocycles. The number of nitrogens with zero attached hydrogens (tertiary/aromatic N) is 2. The number of aromatic nitrogens is 1. The van der Waals surface area contributed by atoms with Crippen LogP contribution in [-0.4, -0.2) is 42.0 Å². The van der Waals surface area contributed by atoms with E-state index in [4.69, 9.17) is 0 Å². The zero-order valence-corrected chi connectivity index (χ0v) is 12.0. The largest absolute Gasteiger partial charge is 0.337 e. The number of carbonyl (C=O) groups excluding carboxylic acids is 1. The molecule has 0 bridgehead atoms. The van der Waals surface area contributed by atoms with Crippen LogP contribution in [0.3, 0.4) is 0 Å². The van der Waals surface area contributed by atoms with Gasteiger partial charge in [-0.15, -0.1) is 0 Å². The Morgan fingerprint density at radius 2 is 2.14 bits per heavy atom. The molecule has 3 heterocycles. The lowest BCUT2D eigenvalue weighted by Crippen LogP contribution is -2.33. The third-order valence-electron chi connectivity index (χ3n) is 4.93. The number of rotatable bonds is 1. The first-order valence-electron chi connectivity index (χ1n) is 7.61. The number of nitrogens with one attached hydrogen (secondary N) is 1. The average molecular weight is 281 g/mol. The normalized spacial score (nSPS) is 25.0. The standard InChI is InChI=1S/C17H19N3O/c21-16(20-10-7-17(12-20)6-9-18-11-17)15-14-4-2-1-3-13(14)5-8-19-15/h1-5,8,18H,6-7,9-12H2. The van der Waals surface area contributed by atoms with Crippen molar-refractivity contribution in [1.29, 1.82) is 0 Å². The molecule has 0 radical (unpaired) electrons. The topological polar surface area (TPSA) is 45.2 Å². The lowest BCUT2D eigenvalue weighted by Gasteiger charge is -2.22. The minimum Gasteiger partial charge on any atom is -0.337 e. The summed E-state index contributed by atoms with van der Waals surface area (Å²) in [5, 5.41) is 5.46. The van der Waals surface area contributed by atoms with Gasteiger partial charge in [0.2, 0.25) is 0 Å². The molecule has 2 saturated heterocycles. The molecule has 2 aliphatic heterocycles. The quantitative estimate of drug-likeness (QED) is 0.870. The van der Waals surface area contributed by atoms with E-state index >= 15 is 0 Å². The van der Waals surface area contributed by atoms with E-state index in [2.05, 4.69) is 10.3 Å². The van der Waals surface area contributed by atoms with Crippen molar-refractivity contribution in [3.05, 3.63) is 42.2 Å². The van der Waals surface area contributed by atoms with E-state index in [1.807, 2.05) is 35.2 Å². The molecule has 1 aromatic carbocycles. The van der Waals surface area contributed by atoms with Crippen LogP contribution >= 0.6 is 0 Å². The molecular formula is C17H19N3O. The monoisotopic (exact) mass is 281 g/mol. The summed E-state index contributed by atoms with van der Waals surface area (Å²) in [4.78, 5) is 19.2. The first-order chi connectivity index (χ1) is 10.3. The van der Waals surface area contributed by atoms with Gasteiger partial charge < -0.3 is 10.2 Å². The lowest BCUT2D eigenvalue weighted by molar-refractivity contribution is 0.0772. The van der Waals surface area contributed by atoms with Crippen molar-refractivity contribution in [2.75, 3.05) is 26.2 Å². The Morgan fingerprint density at radius 3 is 3.00 bits per heavy atom. The van der Waals surface area contributed by atoms with E-state index in [9.17, 15) is 4.79 Å². The van der Waals surface area contributed by atoms with Crippen molar-refractivity contribution in [3.63, 3.8) is 0 Å². The van der Waals surface area contributed by atoms with Gasteiger partial charge in [0.25, 0.3) is 5.91 Å². The predicted molar refractivity (Wildman–Crippen MR) is 82.2 cm³/mol. The van der Waals surface area contributed by atoms with Crippen LogP contribution in [0, 0.1) is 5.41 Å². The zero-order valence-electron chi connectivity index (χ0n) is 12.0. The van der Waals surface area contributed by atoms with E-state index in [-0.39, 0.29) is 5.91 Å². The molecule has 1 spiro atoms. The number of hydrogen-bond donors (Lipinski definition) is 1. The fraction of sp³-hybridized carbons (Fsp3) is 0.412. The van der Waals surface area contributed by atoms with Crippen LogP contribution in [-0.2, 0) is 0 Å². The second-order valence-electron chi connectivity index (χ2n) is 6.28. The summed E-state index contributed by atoms with van der Waals surface area (Å²) in [6, 6.07) is 9.93. The Morgan fingerprint density at radius 1 is 1.24 bits per heavy atom. The number of carbonyl (C=O) groups is 1. The molecule has 4 nitrogen and oxygen atoms in total.